The standard InChI is InChI=1S/C45H54N8O8/c1-23(2)36(50-44(56)59-6)42(54)52-16-8-9-33(52)40-47-32-22-61-35-19-27(11-14-30(35)39(32)49-40)26-10-13-29-28(18-26)12-15-31-38(29)48-41(46-31)34-17-25(21-58-5)20-53(34)43(55)37(24(3)4)51-45(57)60-7/h10-15,18-19,23-25,33-34,36-37H,8-9,16-17,20-22H2,1-7H3,(H,46,48)(H,47,49)(H,50,56)(H,51,57)/t25-,33-,34-,36?,37-/m0/s1. The summed E-state index contributed by atoms with van der Waals surface area (Å²) in [5.74, 6) is 1.60. The minimum atomic E-state index is -0.755. The summed E-state index contributed by atoms with van der Waals surface area (Å²) in [5, 5.41) is 7.43. The highest BCUT2D eigenvalue weighted by atomic mass is 16.5. The van der Waals surface area contributed by atoms with Crippen molar-refractivity contribution in [3.63, 3.8) is 0 Å². The molecule has 16 nitrogen and oxygen atoms in total. The van der Waals surface area contributed by atoms with E-state index in [0.29, 0.717) is 44.4 Å². The number of aromatic amines is 2. The van der Waals surface area contributed by atoms with E-state index < -0.39 is 24.3 Å². The van der Waals surface area contributed by atoms with Crippen LogP contribution in [0, 0.1) is 17.8 Å². The molecular formula is C45H54N8O8. The van der Waals surface area contributed by atoms with Gasteiger partial charge < -0.3 is 49.3 Å². The van der Waals surface area contributed by atoms with Crippen LogP contribution in [0.1, 0.15) is 76.4 Å². The lowest BCUT2D eigenvalue weighted by molar-refractivity contribution is -0.136. The first-order valence-corrected chi connectivity index (χ1v) is 21.0. The Morgan fingerprint density at radius 3 is 2.18 bits per heavy atom. The number of nitrogens with zero attached hydrogens (tertiary/aromatic N) is 4. The number of hydrogen-bond donors (Lipinski definition) is 4. The fraction of sp³-hybridized carbons (Fsp3) is 0.467. The molecule has 0 bridgehead atoms. The Labute approximate surface area is 354 Å². The summed E-state index contributed by atoms with van der Waals surface area (Å²) in [6.45, 7) is 9.45. The Hall–Kier alpha value is -6.16. The van der Waals surface area contributed by atoms with Crippen LogP contribution in [0.5, 0.6) is 5.75 Å². The van der Waals surface area contributed by atoms with Gasteiger partial charge in [-0.2, -0.15) is 0 Å². The van der Waals surface area contributed by atoms with Gasteiger partial charge in [-0.1, -0.05) is 52.0 Å². The Balaban J connectivity index is 1.04. The van der Waals surface area contributed by atoms with Crippen LogP contribution in [0.2, 0.25) is 0 Å². The number of aromatic nitrogens is 4. The number of ether oxygens (including phenoxy) is 4. The second kappa shape index (κ2) is 17.1. The van der Waals surface area contributed by atoms with Crippen LogP contribution in [0.3, 0.4) is 0 Å². The van der Waals surface area contributed by atoms with Crippen molar-refractivity contribution >= 4 is 45.8 Å². The maximum atomic E-state index is 14.0. The Kier molecular flexibility index (Phi) is 11.6. The first-order valence-electron chi connectivity index (χ1n) is 21.0. The number of carbonyl (C=O) groups excluding carboxylic acids is 4. The van der Waals surface area contributed by atoms with Crippen LogP contribution in [0.25, 0.3) is 44.2 Å². The van der Waals surface area contributed by atoms with Gasteiger partial charge in [-0.05, 0) is 71.9 Å². The highest BCUT2D eigenvalue weighted by molar-refractivity contribution is 6.05. The fourth-order valence-electron chi connectivity index (χ4n) is 9.09. The topological polar surface area (TPSA) is 193 Å². The molecule has 5 heterocycles. The average Bonchev–Trinajstić information content (AvgIpc) is 4.09. The largest absolute Gasteiger partial charge is 0.487 e. The van der Waals surface area contributed by atoms with E-state index in [4.69, 9.17) is 28.9 Å². The molecule has 3 aliphatic heterocycles. The van der Waals surface area contributed by atoms with Gasteiger partial charge in [0.2, 0.25) is 11.8 Å². The Morgan fingerprint density at radius 1 is 0.820 bits per heavy atom. The van der Waals surface area contributed by atoms with Gasteiger partial charge in [0, 0.05) is 37.1 Å². The lowest BCUT2D eigenvalue weighted by atomic mass is 9.97. The molecule has 8 rings (SSSR count). The first-order chi connectivity index (χ1) is 29.4. The second-order valence-corrected chi connectivity index (χ2v) is 16.9. The summed E-state index contributed by atoms with van der Waals surface area (Å²) < 4.78 is 21.4. The normalized spacial score (nSPS) is 19.5. The molecule has 3 aromatic carbocycles. The van der Waals surface area contributed by atoms with Gasteiger partial charge in [-0.25, -0.2) is 19.6 Å². The third kappa shape index (κ3) is 7.96. The maximum absolute atomic E-state index is 14.0. The SMILES string of the molecule is COC[C@H]1C[C@@H](c2nc3c(ccc4cc(-c5ccc6c(c5)OCc5[nH]c([C@@H]7CCCN7C(=O)C(NC(=O)OC)C(C)C)nc5-6)ccc43)[nH]2)N(C(=O)[C@@H](NC(=O)OC)C(C)C)C1. The summed E-state index contributed by atoms with van der Waals surface area (Å²) in [6.07, 6.45) is 0.963. The molecule has 2 fully saturated rings. The fourth-order valence-corrected chi connectivity index (χ4v) is 9.09. The zero-order valence-corrected chi connectivity index (χ0v) is 35.7. The number of nitrogens with one attached hydrogen (secondary N) is 4. The summed E-state index contributed by atoms with van der Waals surface area (Å²) in [6, 6.07) is 14.5. The van der Waals surface area contributed by atoms with Gasteiger partial charge in [0.05, 0.1) is 55.3 Å². The maximum Gasteiger partial charge on any atom is 0.407 e. The van der Waals surface area contributed by atoms with Crippen LogP contribution >= 0.6 is 0 Å². The average molecular weight is 835 g/mol. The van der Waals surface area contributed by atoms with E-state index in [-0.39, 0.29) is 41.7 Å². The van der Waals surface area contributed by atoms with Crippen molar-refractivity contribution in [2.45, 2.75) is 77.7 Å². The van der Waals surface area contributed by atoms with Gasteiger partial charge in [-0.15, -0.1) is 0 Å². The highest BCUT2D eigenvalue weighted by Crippen LogP contribution is 2.42. The van der Waals surface area contributed by atoms with E-state index in [2.05, 4.69) is 50.9 Å². The zero-order valence-electron chi connectivity index (χ0n) is 35.7. The van der Waals surface area contributed by atoms with Crippen LogP contribution in [0.15, 0.2) is 48.5 Å². The molecule has 2 saturated heterocycles. The third-order valence-electron chi connectivity index (χ3n) is 12.2. The number of hydrogen-bond acceptors (Lipinski definition) is 10. The van der Waals surface area contributed by atoms with Crippen LogP contribution in [-0.4, -0.2) is 107 Å². The van der Waals surface area contributed by atoms with Gasteiger partial charge in [0.15, 0.2) is 0 Å². The predicted molar refractivity (Wildman–Crippen MR) is 227 cm³/mol. The second-order valence-electron chi connectivity index (χ2n) is 16.9. The van der Waals surface area contributed by atoms with E-state index in [0.717, 1.165) is 68.5 Å². The molecular weight excluding hydrogens is 781 g/mol. The number of H-pyrrole nitrogens is 2. The van der Waals surface area contributed by atoms with Crippen LogP contribution in [0.4, 0.5) is 9.59 Å². The van der Waals surface area contributed by atoms with E-state index in [1.807, 2.05) is 55.7 Å². The summed E-state index contributed by atoms with van der Waals surface area (Å²) in [4.78, 5) is 72.7. The molecule has 0 spiro atoms. The number of imidazole rings is 2. The monoisotopic (exact) mass is 834 g/mol. The van der Waals surface area contributed by atoms with Crippen molar-refractivity contribution in [2.24, 2.45) is 17.8 Å². The third-order valence-corrected chi connectivity index (χ3v) is 12.2. The number of likely N-dealkylation sites (tertiary alicyclic amines) is 2. The molecule has 2 aromatic heterocycles. The molecule has 61 heavy (non-hydrogen) atoms. The van der Waals surface area contributed by atoms with Crippen molar-refractivity contribution in [3.05, 3.63) is 65.9 Å². The van der Waals surface area contributed by atoms with E-state index in [1.54, 1.807) is 7.11 Å². The molecule has 1 unspecified atom stereocenters. The lowest BCUT2D eigenvalue weighted by Gasteiger charge is -2.30. The first kappa shape index (κ1) is 41.6. The number of alkyl carbamates (subject to hydrolysis) is 2. The molecule has 0 radical (unpaired) electrons. The summed E-state index contributed by atoms with van der Waals surface area (Å²) in [7, 11) is 4.23. The minimum Gasteiger partial charge on any atom is -0.487 e. The van der Waals surface area contributed by atoms with Crippen molar-refractivity contribution in [3.8, 4) is 28.1 Å². The molecule has 5 atom stereocenters. The molecule has 3 aliphatic rings. The molecule has 5 aromatic rings. The molecule has 0 aliphatic carbocycles. The molecule has 0 saturated carbocycles. The predicted octanol–water partition coefficient (Wildman–Crippen LogP) is 6.63. The van der Waals surface area contributed by atoms with Crippen molar-refractivity contribution in [1.82, 2.24) is 40.4 Å². The number of fused-ring (bicyclic) bond motifs is 6. The lowest BCUT2D eigenvalue weighted by Crippen LogP contribution is -2.51. The molecule has 16 heteroatoms. The number of methoxy groups -OCH3 is 3. The minimum absolute atomic E-state index is 0.105. The van der Waals surface area contributed by atoms with Gasteiger partial charge in [-0.3, -0.25) is 9.59 Å². The quantitative estimate of drug-likeness (QED) is 0.112. The number of benzene rings is 3. The summed E-state index contributed by atoms with van der Waals surface area (Å²) >= 11 is 0. The zero-order chi connectivity index (χ0) is 43.1. The summed E-state index contributed by atoms with van der Waals surface area (Å²) in [5.41, 5.74) is 6.20. The van der Waals surface area contributed by atoms with E-state index in [1.165, 1.54) is 14.2 Å². The number of amides is 4. The van der Waals surface area contributed by atoms with E-state index >= 15 is 0 Å². The van der Waals surface area contributed by atoms with Crippen molar-refractivity contribution < 1.29 is 38.1 Å². The molecule has 4 N–H and O–H groups in total. The van der Waals surface area contributed by atoms with Crippen molar-refractivity contribution in [1.29, 1.82) is 0 Å². The van der Waals surface area contributed by atoms with Gasteiger partial charge in [0.25, 0.3) is 0 Å². The van der Waals surface area contributed by atoms with Gasteiger partial charge >= 0.3 is 12.2 Å². The van der Waals surface area contributed by atoms with Crippen LogP contribution in [-0.2, 0) is 30.4 Å². The van der Waals surface area contributed by atoms with Gasteiger partial charge in [0.1, 0.15) is 36.1 Å². The Bertz CT molecular complexity index is 2480. The Morgan fingerprint density at radius 2 is 1.49 bits per heavy atom. The highest BCUT2D eigenvalue weighted by Gasteiger charge is 2.42. The van der Waals surface area contributed by atoms with Crippen molar-refractivity contribution in [2.75, 3.05) is 41.0 Å². The molecule has 4 amide bonds. The molecule has 322 valence electrons. The number of carbonyl (C=O) groups is 4. The van der Waals surface area contributed by atoms with Crippen LogP contribution < -0.4 is 15.4 Å². The smallest absolute Gasteiger partial charge is 0.407 e. The van der Waals surface area contributed by atoms with E-state index in [9.17, 15) is 19.2 Å². The number of rotatable bonds is 11.